The molecule has 0 aromatic heterocycles. The van der Waals surface area contributed by atoms with Crippen LogP contribution >= 0.6 is 0 Å². The van der Waals surface area contributed by atoms with Gasteiger partial charge in [0.05, 0.1) is 7.11 Å². The van der Waals surface area contributed by atoms with Crippen molar-refractivity contribution >= 4 is 18.0 Å². The summed E-state index contributed by atoms with van der Waals surface area (Å²) in [4.78, 5) is 40.4. The maximum Gasteiger partial charge on any atom is 0.410 e. The topological polar surface area (TPSA) is 85.4 Å². The average molecular weight is 389 g/mol. The summed E-state index contributed by atoms with van der Waals surface area (Å²) in [5.74, 6) is -0.706. The fourth-order valence-electron chi connectivity index (χ4n) is 2.56. The normalized spacial score (nSPS) is 13.7. The third-order valence-electron chi connectivity index (χ3n) is 4.01. The molecule has 0 aromatic carbocycles. The molecule has 158 valence electrons. The summed E-state index contributed by atoms with van der Waals surface area (Å²) in [6, 6.07) is -1.54. The van der Waals surface area contributed by atoms with Gasteiger partial charge in [0.25, 0.3) is 0 Å². The molecule has 0 fully saturated rings. The van der Waals surface area contributed by atoms with Gasteiger partial charge in [0.1, 0.15) is 17.7 Å². The molecule has 0 unspecified atom stereocenters. The number of esters is 1. The average Bonchev–Trinajstić information content (AvgIpc) is 2.56. The highest BCUT2D eigenvalue weighted by molar-refractivity contribution is 5.89. The summed E-state index contributed by atoms with van der Waals surface area (Å²) in [6.45, 7) is 9.53. The van der Waals surface area contributed by atoms with Crippen molar-refractivity contribution in [3.63, 3.8) is 0 Å². The molecule has 0 saturated carbocycles. The highest BCUT2D eigenvalue weighted by Crippen LogP contribution is 2.18. The van der Waals surface area contributed by atoms with Gasteiger partial charge in [0, 0.05) is 34.2 Å². The first-order chi connectivity index (χ1) is 12.4. The monoisotopic (exact) mass is 388 g/mol. The van der Waals surface area contributed by atoms with Gasteiger partial charge in [-0.1, -0.05) is 13.8 Å². The van der Waals surface area contributed by atoms with Gasteiger partial charge >= 0.3 is 12.1 Å². The van der Waals surface area contributed by atoms with Crippen LogP contribution in [0.15, 0.2) is 0 Å². The van der Waals surface area contributed by atoms with E-state index in [-0.39, 0.29) is 11.8 Å². The number of likely N-dealkylation sites (N-methyl/N-ethyl adjacent to an activating group) is 2. The van der Waals surface area contributed by atoms with Crippen LogP contribution in [0.25, 0.3) is 0 Å². The van der Waals surface area contributed by atoms with Gasteiger partial charge in [0.15, 0.2) is 0 Å². The minimum absolute atomic E-state index is 0.160. The van der Waals surface area contributed by atoms with E-state index in [2.05, 4.69) is 0 Å². The molecular formula is C19H36N2O6. The highest BCUT2D eigenvalue weighted by atomic mass is 16.6. The number of nitrogens with zero attached hydrogens (tertiary/aromatic N) is 2. The third kappa shape index (κ3) is 8.60. The first-order valence-electron chi connectivity index (χ1n) is 9.14. The van der Waals surface area contributed by atoms with Crippen molar-refractivity contribution in [2.24, 2.45) is 5.92 Å². The van der Waals surface area contributed by atoms with Crippen LogP contribution in [0, 0.1) is 5.92 Å². The van der Waals surface area contributed by atoms with E-state index in [4.69, 9.17) is 14.2 Å². The SMILES string of the molecule is COCC[C@@H](C(=O)OC)N(C)C(=O)[C@H](CC(C)C)N(C)C(=O)OC(C)(C)C. The molecule has 0 spiro atoms. The van der Waals surface area contributed by atoms with E-state index in [0.717, 1.165) is 0 Å². The summed E-state index contributed by atoms with van der Waals surface area (Å²) < 4.78 is 15.2. The zero-order chi connectivity index (χ0) is 21.4. The minimum Gasteiger partial charge on any atom is -0.467 e. The molecule has 0 aliphatic carbocycles. The number of hydrogen-bond acceptors (Lipinski definition) is 6. The summed E-state index contributed by atoms with van der Waals surface area (Å²) in [5.41, 5.74) is -0.671. The molecule has 0 saturated heterocycles. The van der Waals surface area contributed by atoms with Crippen LogP contribution in [0.1, 0.15) is 47.5 Å². The van der Waals surface area contributed by atoms with Gasteiger partial charge in [0.2, 0.25) is 5.91 Å². The van der Waals surface area contributed by atoms with E-state index in [1.807, 2.05) is 13.8 Å². The molecule has 0 radical (unpaired) electrons. The molecule has 2 amide bonds. The predicted octanol–water partition coefficient (Wildman–Crippen LogP) is 2.30. The predicted molar refractivity (Wildman–Crippen MR) is 102 cm³/mol. The molecule has 0 rings (SSSR count). The molecule has 27 heavy (non-hydrogen) atoms. The van der Waals surface area contributed by atoms with Gasteiger partial charge < -0.3 is 19.1 Å². The quantitative estimate of drug-likeness (QED) is 0.564. The highest BCUT2D eigenvalue weighted by Gasteiger charge is 2.36. The van der Waals surface area contributed by atoms with Gasteiger partial charge in [-0.05, 0) is 33.1 Å². The fraction of sp³-hybridized carbons (Fsp3) is 0.842. The Hall–Kier alpha value is -1.83. The number of carbonyl (C=O) groups excluding carboxylic acids is 3. The van der Waals surface area contributed by atoms with Crippen molar-refractivity contribution in [1.82, 2.24) is 9.80 Å². The summed E-state index contributed by atoms with van der Waals surface area (Å²) in [6.07, 6.45) is 0.161. The number of rotatable bonds is 9. The van der Waals surface area contributed by atoms with Crippen molar-refractivity contribution in [1.29, 1.82) is 0 Å². The molecule has 8 heteroatoms. The molecular weight excluding hydrogens is 352 g/mol. The Bertz CT molecular complexity index is 501. The van der Waals surface area contributed by atoms with Gasteiger partial charge in [-0.15, -0.1) is 0 Å². The van der Waals surface area contributed by atoms with E-state index in [1.165, 1.54) is 38.1 Å². The number of amides is 2. The lowest BCUT2D eigenvalue weighted by Gasteiger charge is -2.35. The van der Waals surface area contributed by atoms with Crippen molar-refractivity contribution in [2.45, 2.75) is 65.1 Å². The van der Waals surface area contributed by atoms with Crippen LogP contribution in [-0.2, 0) is 23.8 Å². The van der Waals surface area contributed by atoms with Crippen LogP contribution in [0.3, 0.4) is 0 Å². The maximum absolute atomic E-state index is 13.1. The summed E-state index contributed by atoms with van der Waals surface area (Å²) in [7, 11) is 5.87. The first-order valence-corrected chi connectivity index (χ1v) is 9.14. The number of ether oxygens (including phenoxy) is 3. The Morgan fingerprint density at radius 3 is 1.93 bits per heavy atom. The number of methoxy groups -OCH3 is 2. The number of hydrogen-bond donors (Lipinski definition) is 0. The zero-order valence-corrected chi connectivity index (χ0v) is 18.2. The Morgan fingerprint density at radius 2 is 1.52 bits per heavy atom. The van der Waals surface area contributed by atoms with Gasteiger partial charge in [-0.3, -0.25) is 9.69 Å². The standard InChI is InChI=1S/C19H36N2O6/c1-13(2)12-15(21(7)18(24)27-19(3,4)5)16(22)20(6)14(10-11-25-8)17(23)26-9/h13-15H,10-12H2,1-9H3/t14-,15-/m0/s1. The second-order valence-electron chi connectivity index (χ2n) is 8.01. The summed E-state index contributed by atoms with van der Waals surface area (Å²) in [5, 5.41) is 0. The van der Waals surface area contributed by atoms with E-state index >= 15 is 0 Å². The second-order valence-corrected chi connectivity index (χ2v) is 8.01. The van der Waals surface area contributed by atoms with E-state index in [9.17, 15) is 14.4 Å². The Balaban J connectivity index is 5.54. The summed E-state index contributed by atoms with van der Waals surface area (Å²) >= 11 is 0. The molecule has 2 atom stereocenters. The lowest BCUT2D eigenvalue weighted by atomic mass is 10.0. The largest absolute Gasteiger partial charge is 0.467 e. The lowest BCUT2D eigenvalue weighted by molar-refractivity contribution is -0.154. The zero-order valence-electron chi connectivity index (χ0n) is 18.2. The van der Waals surface area contributed by atoms with Gasteiger partial charge in [-0.25, -0.2) is 9.59 Å². The molecule has 0 aromatic rings. The first kappa shape index (κ1) is 25.2. The van der Waals surface area contributed by atoms with E-state index in [0.29, 0.717) is 19.4 Å². The van der Waals surface area contributed by atoms with Crippen LogP contribution < -0.4 is 0 Å². The van der Waals surface area contributed by atoms with Crippen molar-refractivity contribution in [3.05, 3.63) is 0 Å². The maximum atomic E-state index is 13.1. The third-order valence-corrected chi connectivity index (χ3v) is 4.01. The van der Waals surface area contributed by atoms with Crippen LogP contribution in [0.5, 0.6) is 0 Å². The van der Waals surface area contributed by atoms with Crippen molar-refractivity contribution in [3.8, 4) is 0 Å². The molecule has 0 N–H and O–H groups in total. The Morgan fingerprint density at radius 1 is 0.963 bits per heavy atom. The smallest absolute Gasteiger partial charge is 0.410 e. The Labute approximate surface area is 163 Å². The van der Waals surface area contributed by atoms with Gasteiger partial charge in [-0.2, -0.15) is 0 Å². The minimum atomic E-state index is -0.788. The van der Waals surface area contributed by atoms with Crippen molar-refractivity contribution < 1.29 is 28.6 Å². The Kier molecular flexibility index (Phi) is 10.4. The molecule has 0 bridgehead atoms. The lowest BCUT2D eigenvalue weighted by Crippen LogP contribution is -2.54. The van der Waals surface area contributed by atoms with Crippen LogP contribution in [-0.4, -0.2) is 80.4 Å². The van der Waals surface area contributed by atoms with E-state index < -0.39 is 29.7 Å². The molecule has 8 nitrogen and oxygen atoms in total. The molecule has 0 aliphatic rings. The molecule has 0 heterocycles. The molecule has 0 aliphatic heterocycles. The number of carbonyl (C=O) groups is 3. The van der Waals surface area contributed by atoms with Crippen molar-refractivity contribution in [2.75, 3.05) is 34.9 Å². The van der Waals surface area contributed by atoms with E-state index in [1.54, 1.807) is 20.8 Å². The van der Waals surface area contributed by atoms with Crippen LogP contribution in [0.2, 0.25) is 0 Å². The van der Waals surface area contributed by atoms with Crippen LogP contribution in [0.4, 0.5) is 4.79 Å². The fourth-order valence-corrected chi connectivity index (χ4v) is 2.56. The second kappa shape index (κ2) is 11.1.